The molecule has 0 fully saturated rings. The van der Waals surface area contributed by atoms with E-state index >= 15 is 0 Å². The van der Waals surface area contributed by atoms with Crippen LogP contribution in [0, 0.1) is 0 Å². The largest absolute Gasteiger partial charge is 0.398 e. The molecule has 1 aliphatic carbocycles. The van der Waals surface area contributed by atoms with E-state index in [9.17, 15) is 0 Å². The number of nitrogens with two attached hydrogens (primary N) is 1. The van der Waals surface area contributed by atoms with Gasteiger partial charge in [-0.05, 0) is 37.8 Å². The fourth-order valence-corrected chi connectivity index (χ4v) is 2.03. The number of hydrogen-bond acceptors (Lipinski definition) is 1. The smallest absolute Gasteiger partial charge is 0.0390 e. The van der Waals surface area contributed by atoms with Crippen LogP contribution >= 0.6 is 0 Å². The summed E-state index contributed by atoms with van der Waals surface area (Å²) in [6.07, 6.45) is 3.72. The van der Waals surface area contributed by atoms with E-state index in [1.165, 1.54) is 36.0 Å². The number of hydrogen-bond donors (Lipinski definition) is 1. The predicted molar refractivity (Wildman–Crippen MR) is 57.3 cm³/mol. The third kappa shape index (κ3) is 1.46. The van der Waals surface area contributed by atoms with Crippen LogP contribution in [-0.4, -0.2) is 0 Å². The molecule has 1 heteroatoms. The van der Waals surface area contributed by atoms with E-state index in [4.69, 9.17) is 5.73 Å². The van der Waals surface area contributed by atoms with Crippen molar-refractivity contribution in [1.29, 1.82) is 0 Å². The van der Waals surface area contributed by atoms with Crippen LogP contribution in [0.25, 0.3) is 5.57 Å². The molecule has 0 bridgehead atoms. The first-order valence-electron chi connectivity index (χ1n) is 4.82. The highest BCUT2D eigenvalue weighted by molar-refractivity contribution is 5.77. The van der Waals surface area contributed by atoms with Crippen molar-refractivity contribution in [2.24, 2.45) is 0 Å². The number of rotatable bonds is 1. The summed E-state index contributed by atoms with van der Waals surface area (Å²) in [5, 5.41) is 0. The molecule has 0 atom stereocenters. The first kappa shape index (κ1) is 8.36. The van der Waals surface area contributed by atoms with E-state index in [2.05, 4.69) is 19.1 Å². The Balaban J connectivity index is 2.46. The van der Waals surface area contributed by atoms with Gasteiger partial charge >= 0.3 is 0 Å². The molecule has 1 nitrogen and oxygen atoms in total. The normalized spacial score (nSPS) is 16.7. The monoisotopic (exact) mass is 173 g/mol. The average molecular weight is 173 g/mol. The average Bonchev–Trinajstić information content (AvgIpc) is 2.52. The van der Waals surface area contributed by atoms with Crippen LogP contribution in [0.2, 0.25) is 0 Å². The van der Waals surface area contributed by atoms with E-state index in [0.29, 0.717) is 0 Å². The van der Waals surface area contributed by atoms with Crippen molar-refractivity contribution in [3.63, 3.8) is 0 Å². The number of allylic oxidation sites excluding steroid dienone is 2. The fraction of sp³-hybridized carbons (Fsp3) is 0.333. The maximum atomic E-state index is 5.93. The van der Waals surface area contributed by atoms with Crippen molar-refractivity contribution in [2.45, 2.75) is 26.2 Å². The van der Waals surface area contributed by atoms with Gasteiger partial charge in [0.25, 0.3) is 0 Å². The lowest BCUT2D eigenvalue weighted by atomic mass is 10.0. The lowest BCUT2D eigenvalue weighted by Gasteiger charge is -2.07. The summed E-state index contributed by atoms with van der Waals surface area (Å²) in [6.45, 7) is 2.22. The molecule has 0 spiro atoms. The van der Waals surface area contributed by atoms with Gasteiger partial charge in [0.05, 0.1) is 0 Å². The molecule has 13 heavy (non-hydrogen) atoms. The number of para-hydroxylation sites is 1. The minimum atomic E-state index is 0.916. The van der Waals surface area contributed by atoms with E-state index < -0.39 is 0 Å². The fourth-order valence-electron chi connectivity index (χ4n) is 2.03. The topological polar surface area (TPSA) is 26.0 Å². The Kier molecular flexibility index (Phi) is 2.09. The Morgan fingerprint density at radius 1 is 1.15 bits per heavy atom. The van der Waals surface area contributed by atoms with Crippen molar-refractivity contribution in [3.05, 3.63) is 35.4 Å². The number of anilines is 1. The molecule has 0 radical (unpaired) electrons. The van der Waals surface area contributed by atoms with Crippen LogP contribution in [0.4, 0.5) is 5.69 Å². The molecule has 1 aliphatic rings. The highest BCUT2D eigenvalue weighted by atomic mass is 14.6. The molecule has 1 aromatic carbocycles. The summed E-state index contributed by atoms with van der Waals surface area (Å²) in [4.78, 5) is 0. The van der Waals surface area contributed by atoms with Gasteiger partial charge in [-0.15, -0.1) is 0 Å². The first-order chi connectivity index (χ1) is 6.29. The molecule has 2 N–H and O–H groups in total. The predicted octanol–water partition coefficient (Wildman–Crippen LogP) is 3.23. The van der Waals surface area contributed by atoms with Crippen LogP contribution in [-0.2, 0) is 0 Å². The van der Waals surface area contributed by atoms with Gasteiger partial charge in [0.2, 0.25) is 0 Å². The van der Waals surface area contributed by atoms with E-state index in [-0.39, 0.29) is 0 Å². The molecule has 0 amide bonds. The van der Waals surface area contributed by atoms with E-state index in [0.717, 1.165) is 5.69 Å². The van der Waals surface area contributed by atoms with Gasteiger partial charge in [0.1, 0.15) is 0 Å². The Hall–Kier alpha value is -1.24. The zero-order chi connectivity index (χ0) is 9.26. The molecule has 1 aromatic rings. The zero-order valence-corrected chi connectivity index (χ0v) is 8.01. The zero-order valence-electron chi connectivity index (χ0n) is 8.01. The Morgan fingerprint density at radius 3 is 2.54 bits per heavy atom. The Bertz CT molecular complexity index is 350. The van der Waals surface area contributed by atoms with Gasteiger partial charge in [0, 0.05) is 11.3 Å². The van der Waals surface area contributed by atoms with Crippen LogP contribution in [0.5, 0.6) is 0 Å². The molecule has 0 aromatic heterocycles. The van der Waals surface area contributed by atoms with Crippen molar-refractivity contribution in [1.82, 2.24) is 0 Å². The van der Waals surface area contributed by atoms with Gasteiger partial charge in [-0.3, -0.25) is 0 Å². The number of nitrogen functional groups attached to an aromatic ring is 1. The van der Waals surface area contributed by atoms with Gasteiger partial charge in [0.15, 0.2) is 0 Å². The van der Waals surface area contributed by atoms with Crippen molar-refractivity contribution >= 4 is 11.3 Å². The highest BCUT2D eigenvalue weighted by Crippen LogP contribution is 2.35. The summed E-state index contributed by atoms with van der Waals surface area (Å²) < 4.78 is 0. The van der Waals surface area contributed by atoms with Crippen LogP contribution in [0.15, 0.2) is 29.8 Å². The third-order valence-electron chi connectivity index (χ3n) is 2.78. The van der Waals surface area contributed by atoms with Crippen molar-refractivity contribution in [2.75, 3.05) is 5.73 Å². The molecule has 0 heterocycles. The molecular weight excluding hydrogens is 158 g/mol. The summed E-state index contributed by atoms with van der Waals surface area (Å²) in [5.41, 5.74) is 11.1. The van der Waals surface area contributed by atoms with Crippen LogP contribution in [0.3, 0.4) is 0 Å². The summed E-state index contributed by atoms with van der Waals surface area (Å²) in [7, 11) is 0. The van der Waals surface area contributed by atoms with E-state index in [1.54, 1.807) is 0 Å². The quantitative estimate of drug-likeness (QED) is 0.648. The van der Waals surface area contributed by atoms with Crippen molar-refractivity contribution in [3.8, 4) is 0 Å². The van der Waals surface area contributed by atoms with Crippen LogP contribution in [0.1, 0.15) is 31.7 Å². The molecule has 68 valence electrons. The third-order valence-corrected chi connectivity index (χ3v) is 2.78. The summed E-state index contributed by atoms with van der Waals surface area (Å²) in [6, 6.07) is 8.15. The van der Waals surface area contributed by atoms with Gasteiger partial charge in [-0.1, -0.05) is 23.8 Å². The highest BCUT2D eigenvalue weighted by Gasteiger charge is 2.13. The number of benzene rings is 1. The molecule has 2 rings (SSSR count). The molecule has 0 saturated heterocycles. The first-order valence-corrected chi connectivity index (χ1v) is 4.82. The minimum Gasteiger partial charge on any atom is -0.398 e. The molecular formula is C12H15N. The molecule has 0 saturated carbocycles. The maximum Gasteiger partial charge on any atom is 0.0390 e. The molecule has 0 aliphatic heterocycles. The van der Waals surface area contributed by atoms with E-state index in [1.807, 2.05) is 12.1 Å². The summed E-state index contributed by atoms with van der Waals surface area (Å²) in [5.74, 6) is 0. The Morgan fingerprint density at radius 2 is 1.92 bits per heavy atom. The maximum absolute atomic E-state index is 5.93. The van der Waals surface area contributed by atoms with Gasteiger partial charge < -0.3 is 5.73 Å². The lowest BCUT2D eigenvalue weighted by Crippen LogP contribution is -1.92. The lowest BCUT2D eigenvalue weighted by molar-refractivity contribution is 0.910. The molecule has 0 unspecified atom stereocenters. The second-order valence-corrected chi connectivity index (χ2v) is 3.70. The SMILES string of the molecule is CC1=C(c2ccccc2N)CCC1. The van der Waals surface area contributed by atoms with Crippen molar-refractivity contribution < 1.29 is 0 Å². The minimum absolute atomic E-state index is 0.916. The van der Waals surface area contributed by atoms with Crippen LogP contribution < -0.4 is 5.73 Å². The Labute approximate surface area is 79.3 Å². The second kappa shape index (κ2) is 3.25. The second-order valence-electron chi connectivity index (χ2n) is 3.70. The summed E-state index contributed by atoms with van der Waals surface area (Å²) >= 11 is 0. The van der Waals surface area contributed by atoms with Gasteiger partial charge in [-0.25, -0.2) is 0 Å². The standard InChI is InChI=1S/C12H15N/c1-9-5-4-7-10(9)11-6-2-3-8-12(11)13/h2-3,6,8H,4-5,7,13H2,1H3. The van der Waals surface area contributed by atoms with Gasteiger partial charge in [-0.2, -0.15) is 0 Å².